The Balaban J connectivity index is 1.51. The van der Waals surface area contributed by atoms with Crippen molar-refractivity contribution in [2.45, 2.75) is 63.3 Å². The topological polar surface area (TPSA) is 78.6 Å². The maximum absolute atomic E-state index is 13.2. The Morgan fingerprint density at radius 1 is 1.00 bits per heavy atom. The van der Waals surface area contributed by atoms with Gasteiger partial charge in [-0.2, -0.15) is 0 Å². The van der Waals surface area contributed by atoms with Crippen LogP contribution in [0.1, 0.15) is 63.0 Å². The standard InChI is InChI=1S/C29H43N3O2/c1-24(23-33)31-19-12-4-2-3-5-13-20-32-21-18-27(22-32)29(28(30)34,25-14-8-6-9-15-25)26-16-10-7-11-17-26/h6-11,14-17,24,27,31,33H,2-5,12-13,18-23H2,1H3,(H2,30,34)/t24-,27?/m0/s1. The van der Waals surface area contributed by atoms with Gasteiger partial charge in [-0.3, -0.25) is 4.79 Å². The quantitative estimate of drug-likeness (QED) is 0.346. The Bertz CT molecular complexity index is 803. The number of aliphatic hydroxyl groups is 1. The van der Waals surface area contributed by atoms with E-state index in [1.165, 1.54) is 38.5 Å². The molecule has 1 aliphatic rings. The minimum absolute atomic E-state index is 0.170. The lowest BCUT2D eigenvalue weighted by molar-refractivity contribution is -0.123. The Hall–Kier alpha value is -2.21. The molecule has 0 aromatic heterocycles. The first kappa shape index (κ1) is 26.4. The SMILES string of the molecule is C[C@@H](CO)NCCCCCCCCN1CCC(C(C(N)=O)(c2ccccc2)c2ccccc2)C1. The summed E-state index contributed by atoms with van der Waals surface area (Å²) in [6.07, 6.45) is 8.38. The number of carbonyl (C=O) groups is 1. The van der Waals surface area contributed by atoms with Crippen molar-refractivity contribution in [1.82, 2.24) is 10.2 Å². The fourth-order valence-corrected chi connectivity index (χ4v) is 5.50. The Morgan fingerprint density at radius 2 is 1.56 bits per heavy atom. The molecule has 0 saturated carbocycles. The minimum atomic E-state index is -0.793. The van der Waals surface area contributed by atoms with Crippen LogP contribution in [0.5, 0.6) is 0 Å². The molecule has 0 aliphatic carbocycles. The first-order chi connectivity index (χ1) is 16.6. The van der Waals surface area contributed by atoms with Gasteiger partial charge in [-0.15, -0.1) is 0 Å². The predicted molar refractivity (Wildman–Crippen MR) is 140 cm³/mol. The first-order valence-electron chi connectivity index (χ1n) is 13.1. The molecule has 1 saturated heterocycles. The van der Waals surface area contributed by atoms with Gasteiger partial charge in [-0.05, 0) is 62.9 Å². The number of likely N-dealkylation sites (tertiary alicyclic amines) is 1. The summed E-state index contributed by atoms with van der Waals surface area (Å²) in [6, 6.07) is 20.4. The van der Waals surface area contributed by atoms with Gasteiger partial charge in [0.25, 0.3) is 0 Å². The lowest BCUT2D eigenvalue weighted by Gasteiger charge is -2.37. The summed E-state index contributed by atoms with van der Waals surface area (Å²) < 4.78 is 0. The molecule has 0 spiro atoms. The molecule has 1 aliphatic heterocycles. The van der Waals surface area contributed by atoms with Crippen LogP contribution >= 0.6 is 0 Å². The predicted octanol–water partition coefficient (Wildman–Crippen LogP) is 4.09. The number of nitrogens with zero attached hydrogens (tertiary/aromatic N) is 1. The van der Waals surface area contributed by atoms with Crippen LogP contribution in [0.15, 0.2) is 60.7 Å². The van der Waals surface area contributed by atoms with Crippen LogP contribution in [-0.4, -0.2) is 54.7 Å². The maximum Gasteiger partial charge on any atom is 0.232 e. The van der Waals surface area contributed by atoms with Gasteiger partial charge in [0.1, 0.15) is 5.41 Å². The number of nitrogens with two attached hydrogens (primary N) is 1. The molecular formula is C29H43N3O2. The molecule has 5 heteroatoms. The second-order valence-electron chi connectivity index (χ2n) is 9.85. The number of carbonyl (C=O) groups excluding carboxylic acids is 1. The average molecular weight is 466 g/mol. The summed E-state index contributed by atoms with van der Waals surface area (Å²) in [4.78, 5) is 15.7. The van der Waals surface area contributed by atoms with Crippen LogP contribution in [-0.2, 0) is 10.2 Å². The molecule has 1 amide bonds. The van der Waals surface area contributed by atoms with Gasteiger partial charge in [-0.1, -0.05) is 86.3 Å². The minimum Gasteiger partial charge on any atom is -0.395 e. The van der Waals surface area contributed by atoms with Gasteiger partial charge >= 0.3 is 0 Å². The molecule has 2 aromatic rings. The van der Waals surface area contributed by atoms with E-state index in [1.54, 1.807) is 0 Å². The number of hydrogen-bond donors (Lipinski definition) is 3. The number of unbranched alkanes of at least 4 members (excludes halogenated alkanes) is 5. The van der Waals surface area contributed by atoms with E-state index >= 15 is 0 Å². The highest BCUT2D eigenvalue weighted by molar-refractivity contribution is 5.91. The molecule has 34 heavy (non-hydrogen) atoms. The third kappa shape index (κ3) is 6.68. The van der Waals surface area contributed by atoms with Crippen LogP contribution in [0, 0.1) is 5.92 Å². The number of aliphatic hydroxyl groups excluding tert-OH is 1. The Labute approximate surface area is 205 Å². The molecule has 186 valence electrons. The second-order valence-corrected chi connectivity index (χ2v) is 9.85. The van der Waals surface area contributed by atoms with Crippen LogP contribution in [0.3, 0.4) is 0 Å². The molecule has 0 bridgehead atoms. The van der Waals surface area contributed by atoms with Gasteiger partial charge in [0.2, 0.25) is 5.91 Å². The molecular weight excluding hydrogens is 422 g/mol. The largest absolute Gasteiger partial charge is 0.395 e. The van der Waals surface area contributed by atoms with E-state index in [9.17, 15) is 4.79 Å². The Kier molecular flexibility index (Phi) is 10.6. The first-order valence-corrected chi connectivity index (χ1v) is 13.1. The van der Waals surface area contributed by atoms with Crippen LogP contribution < -0.4 is 11.1 Å². The molecule has 3 rings (SSSR count). The van der Waals surface area contributed by atoms with Gasteiger partial charge in [0.05, 0.1) is 6.61 Å². The number of rotatable bonds is 15. The van der Waals surface area contributed by atoms with E-state index in [4.69, 9.17) is 10.8 Å². The number of nitrogens with one attached hydrogen (secondary N) is 1. The van der Waals surface area contributed by atoms with Gasteiger partial charge in [0.15, 0.2) is 0 Å². The van der Waals surface area contributed by atoms with Crippen molar-refractivity contribution in [1.29, 1.82) is 0 Å². The molecule has 4 N–H and O–H groups in total. The van der Waals surface area contributed by atoms with E-state index in [0.717, 1.165) is 43.7 Å². The van der Waals surface area contributed by atoms with Crippen molar-refractivity contribution in [3.63, 3.8) is 0 Å². The summed E-state index contributed by atoms with van der Waals surface area (Å²) in [5.41, 5.74) is 7.41. The highest BCUT2D eigenvalue weighted by atomic mass is 16.3. The van der Waals surface area contributed by atoms with Gasteiger partial charge in [-0.25, -0.2) is 0 Å². The maximum atomic E-state index is 13.2. The molecule has 2 aromatic carbocycles. The monoisotopic (exact) mass is 465 g/mol. The summed E-state index contributed by atoms with van der Waals surface area (Å²) in [5, 5.41) is 12.4. The van der Waals surface area contributed by atoms with Crippen LogP contribution in [0.25, 0.3) is 0 Å². The second kappa shape index (κ2) is 13.6. The van der Waals surface area contributed by atoms with Crippen molar-refractivity contribution in [2.75, 3.05) is 32.8 Å². The van der Waals surface area contributed by atoms with Crippen molar-refractivity contribution >= 4 is 5.91 Å². The van der Waals surface area contributed by atoms with Gasteiger partial charge in [0, 0.05) is 12.6 Å². The van der Waals surface area contributed by atoms with E-state index < -0.39 is 5.41 Å². The summed E-state index contributed by atoms with van der Waals surface area (Å²) in [7, 11) is 0. The normalized spacial score (nSPS) is 17.6. The van der Waals surface area contributed by atoms with Crippen LogP contribution in [0.2, 0.25) is 0 Å². The fourth-order valence-electron chi connectivity index (χ4n) is 5.50. The highest BCUT2D eigenvalue weighted by Gasteiger charge is 2.49. The molecule has 1 fully saturated rings. The Morgan fingerprint density at radius 3 is 2.12 bits per heavy atom. The molecule has 2 atom stereocenters. The van der Waals surface area contributed by atoms with E-state index in [1.807, 2.05) is 43.3 Å². The van der Waals surface area contributed by atoms with E-state index in [-0.39, 0.29) is 24.5 Å². The molecule has 0 radical (unpaired) electrons. The highest BCUT2D eigenvalue weighted by Crippen LogP contribution is 2.43. The summed E-state index contributed by atoms with van der Waals surface area (Å²) in [6.45, 7) is 6.21. The zero-order valence-corrected chi connectivity index (χ0v) is 20.8. The lowest BCUT2D eigenvalue weighted by atomic mass is 9.64. The molecule has 5 nitrogen and oxygen atoms in total. The fraction of sp³-hybridized carbons (Fsp3) is 0.552. The number of amides is 1. The van der Waals surface area contributed by atoms with E-state index in [2.05, 4.69) is 34.5 Å². The van der Waals surface area contributed by atoms with E-state index in [0.29, 0.717) is 0 Å². The number of benzene rings is 2. The average Bonchev–Trinajstić information content (AvgIpc) is 3.33. The summed E-state index contributed by atoms with van der Waals surface area (Å²) >= 11 is 0. The van der Waals surface area contributed by atoms with Crippen molar-refractivity contribution in [2.24, 2.45) is 11.7 Å². The lowest BCUT2D eigenvalue weighted by Crippen LogP contribution is -2.49. The van der Waals surface area contributed by atoms with Crippen molar-refractivity contribution in [3.8, 4) is 0 Å². The number of hydrogen-bond acceptors (Lipinski definition) is 4. The van der Waals surface area contributed by atoms with Crippen molar-refractivity contribution in [3.05, 3.63) is 71.8 Å². The smallest absolute Gasteiger partial charge is 0.232 e. The zero-order valence-electron chi connectivity index (χ0n) is 20.8. The van der Waals surface area contributed by atoms with Gasteiger partial charge < -0.3 is 21.1 Å². The van der Waals surface area contributed by atoms with Crippen molar-refractivity contribution < 1.29 is 9.90 Å². The molecule has 1 unspecified atom stereocenters. The van der Waals surface area contributed by atoms with Crippen LogP contribution in [0.4, 0.5) is 0 Å². The zero-order chi connectivity index (χ0) is 24.2. The third-order valence-corrected chi connectivity index (χ3v) is 7.40. The summed E-state index contributed by atoms with van der Waals surface area (Å²) in [5.74, 6) is -0.0803. The third-order valence-electron chi connectivity index (χ3n) is 7.40. The molecule has 1 heterocycles. The number of primary amides is 1.